The standard InChI is InChI=1S/C11H13F2NO2/c1-11(6-14,5-10(15)16)8-4-7(12)2-3-9(8)13/h2-4H,5-6,14H2,1H3,(H,15,16). The zero-order valence-corrected chi connectivity index (χ0v) is 8.84. The topological polar surface area (TPSA) is 63.3 Å². The van der Waals surface area contributed by atoms with Gasteiger partial charge in [0, 0.05) is 12.0 Å². The molecule has 0 saturated carbocycles. The van der Waals surface area contributed by atoms with Crippen molar-refractivity contribution in [3.8, 4) is 0 Å². The number of rotatable bonds is 4. The lowest BCUT2D eigenvalue weighted by Gasteiger charge is -2.27. The second-order valence-electron chi connectivity index (χ2n) is 3.96. The van der Waals surface area contributed by atoms with Crippen molar-refractivity contribution in [2.75, 3.05) is 6.54 Å². The van der Waals surface area contributed by atoms with Crippen LogP contribution in [0.2, 0.25) is 0 Å². The number of carboxylic acids is 1. The minimum Gasteiger partial charge on any atom is -0.481 e. The highest BCUT2D eigenvalue weighted by molar-refractivity contribution is 5.69. The van der Waals surface area contributed by atoms with Gasteiger partial charge in [-0.15, -0.1) is 0 Å². The first-order chi connectivity index (χ1) is 7.39. The summed E-state index contributed by atoms with van der Waals surface area (Å²) >= 11 is 0. The van der Waals surface area contributed by atoms with Crippen LogP contribution in [-0.4, -0.2) is 17.6 Å². The summed E-state index contributed by atoms with van der Waals surface area (Å²) in [6.45, 7) is 1.43. The normalized spacial score (nSPS) is 14.5. The second-order valence-corrected chi connectivity index (χ2v) is 3.96. The predicted molar refractivity (Wildman–Crippen MR) is 55.0 cm³/mol. The lowest BCUT2D eigenvalue weighted by molar-refractivity contribution is -0.138. The molecule has 1 rings (SSSR count). The third kappa shape index (κ3) is 2.55. The van der Waals surface area contributed by atoms with E-state index in [0.29, 0.717) is 0 Å². The Morgan fingerprint density at radius 2 is 2.12 bits per heavy atom. The van der Waals surface area contributed by atoms with E-state index in [1.807, 2.05) is 0 Å². The maximum Gasteiger partial charge on any atom is 0.304 e. The quantitative estimate of drug-likeness (QED) is 0.825. The second kappa shape index (κ2) is 4.57. The van der Waals surface area contributed by atoms with Crippen LogP contribution in [0, 0.1) is 11.6 Å². The van der Waals surface area contributed by atoms with Crippen LogP contribution in [0.25, 0.3) is 0 Å². The van der Waals surface area contributed by atoms with Gasteiger partial charge in [0.1, 0.15) is 11.6 Å². The number of hydrogen-bond donors (Lipinski definition) is 2. The zero-order chi connectivity index (χ0) is 12.3. The molecule has 5 heteroatoms. The fourth-order valence-corrected chi connectivity index (χ4v) is 1.57. The van der Waals surface area contributed by atoms with E-state index in [2.05, 4.69) is 0 Å². The largest absolute Gasteiger partial charge is 0.481 e. The first-order valence-corrected chi connectivity index (χ1v) is 4.76. The average molecular weight is 229 g/mol. The summed E-state index contributed by atoms with van der Waals surface area (Å²) < 4.78 is 26.5. The highest BCUT2D eigenvalue weighted by atomic mass is 19.1. The third-order valence-electron chi connectivity index (χ3n) is 2.57. The molecule has 0 saturated heterocycles. The van der Waals surface area contributed by atoms with Crippen LogP contribution in [0.5, 0.6) is 0 Å². The van der Waals surface area contributed by atoms with Crippen molar-refractivity contribution in [3.05, 3.63) is 35.4 Å². The first-order valence-electron chi connectivity index (χ1n) is 4.76. The molecule has 0 aliphatic rings. The summed E-state index contributed by atoms with van der Waals surface area (Å²) in [6.07, 6.45) is -0.343. The minimum atomic E-state index is -1.10. The van der Waals surface area contributed by atoms with E-state index in [-0.39, 0.29) is 18.5 Å². The van der Waals surface area contributed by atoms with Crippen LogP contribution in [-0.2, 0) is 10.2 Å². The summed E-state index contributed by atoms with van der Waals surface area (Å²) in [6, 6.07) is 2.95. The number of halogens is 2. The van der Waals surface area contributed by atoms with Gasteiger partial charge in [0.25, 0.3) is 0 Å². The van der Waals surface area contributed by atoms with Crippen molar-refractivity contribution in [1.29, 1.82) is 0 Å². The molecular formula is C11H13F2NO2. The highest BCUT2D eigenvalue weighted by Crippen LogP contribution is 2.29. The molecule has 3 N–H and O–H groups in total. The van der Waals surface area contributed by atoms with Gasteiger partial charge in [-0.1, -0.05) is 6.92 Å². The van der Waals surface area contributed by atoms with Gasteiger partial charge in [0.2, 0.25) is 0 Å². The molecule has 88 valence electrons. The summed E-state index contributed by atoms with van der Waals surface area (Å²) in [5.41, 5.74) is 4.35. The molecule has 0 aromatic heterocycles. The molecule has 1 aromatic rings. The fourth-order valence-electron chi connectivity index (χ4n) is 1.57. The van der Waals surface area contributed by atoms with E-state index in [0.717, 1.165) is 18.2 Å². The minimum absolute atomic E-state index is 0.00241. The predicted octanol–water partition coefficient (Wildman–Crippen LogP) is 1.66. The van der Waals surface area contributed by atoms with Crippen LogP contribution >= 0.6 is 0 Å². The van der Waals surface area contributed by atoms with E-state index in [1.165, 1.54) is 6.92 Å². The summed E-state index contributed by atoms with van der Waals surface area (Å²) in [5, 5.41) is 8.73. The molecule has 1 unspecified atom stereocenters. The lowest BCUT2D eigenvalue weighted by atomic mass is 9.79. The summed E-state index contributed by atoms with van der Waals surface area (Å²) in [4.78, 5) is 10.7. The lowest BCUT2D eigenvalue weighted by Crippen LogP contribution is -2.35. The van der Waals surface area contributed by atoms with Gasteiger partial charge in [-0.05, 0) is 23.8 Å². The molecule has 16 heavy (non-hydrogen) atoms. The van der Waals surface area contributed by atoms with E-state index in [4.69, 9.17) is 10.8 Å². The Balaban J connectivity index is 3.21. The SMILES string of the molecule is CC(CN)(CC(=O)O)c1cc(F)ccc1F. The molecular weight excluding hydrogens is 216 g/mol. The van der Waals surface area contributed by atoms with E-state index in [1.54, 1.807) is 0 Å². The molecule has 1 atom stereocenters. The zero-order valence-electron chi connectivity index (χ0n) is 8.84. The highest BCUT2D eigenvalue weighted by Gasteiger charge is 2.31. The van der Waals surface area contributed by atoms with E-state index in [9.17, 15) is 13.6 Å². The maximum absolute atomic E-state index is 13.5. The van der Waals surface area contributed by atoms with Crippen LogP contribution in [0.4, 0.5) is 8.78 Å². The number of carbonyl (C=O) groups is 1. The van der Waals surface area contributed by atoms with Crippen molar-refractivity contribution < 1.29 is 18.7 Å². The van der Waals surface area contributed by atoms with Gasteiger partial charge in [0.15, 0.2) is 0 Å². The van der Waals surface area contributed by atoms with Gasteiger partial charge in [0.05, 0.1) is 6.42 Å². The monoisotopic (exact) mass is 229 g/mol. The van der Waals surface area contributed by atoms with E-state index < -0.39 is 23.0 Å². The summed E-state index contributed by atoms with van der Waals surface area (Å²) in [7, 11) is 0. The first kappa shape index (κ1) is 12.6. The summed E-state index contributed by atoms with van der Waals surface area (Å²) in [5.74, 6) is -2.35. The van der Waals surface area contributed by atoms with Gasteiger partial charge >= 0.3 is 5.97 Å². The van der Waals surface area contributed by atoms with Gasteiger partial charge in [-0.25, -0.2) is 8.78 Å². The maximum atomic E-state index is 13.5. The molecule has 0 radical (unpaired) electrons. The van der Waals surface area contributed by atoms with Gasteiger partial charge in [-0.3, -0.25) is 4.79 Å². The Morgan fingerprint density at radius 3 is 2.62 bits per heavy atom. The number of nitrogens with two attached hydrogens (primary N) is 1. The number of benzene rings is 1. The molecule has 0 aliphatic carbocycles. The van der Waals surface area contributed by atoms with Gasteiger partial charge in [-0.2, -0.15) is 0 Å². The van der Waals surface area contributed by atoms with Crippen molar-refractivity contribution >= 4 is 5.97 Å². The van der Waals surface area contributed by atoms with Crippen LogP contribution in [0.1, 0.15) is 18.9 Å². The van der Waals surface area contributed by atoms with Crippen LogP contribution < -0.4 is 5.73 Å². The fraction of sp³-hybridized carbons (Fsp3) is 0.364. The molecule has 0 heterocycles. The van der Waals surface area contributed by atoms with Crippen molar-refractivity contribution in [2.45, 2.75) is 18.8 Å². The van der Waals surface area contributed by atoms with Gasteiger partial charge < -0.3 is 10.8 Å². The Labute approximate surface area is 91.9 Å². The number of aliphatic carboxylic acids is 1. The molecule has 0 spiro atoms. The molecule has 0 amide bonds. The Kier molecular flexibility index (Phi) is 3.59. The molecule has 0 aliphatic heterocycles. The molecule has 1 aromatic carbocycles. The van der Waals surface area contributed by atoms with E-state index >= 15 is 0 Å². The van der Waals surface area contributed by atoms with Crippen molar-refractivity contribution in [1.82, 2.24) is 0 Å². The third-order valence-corrected chi connectivity index (χ3v) is 2.57. The van der Waals surface area contributed by atoms with Crippen LogP contribution in [0.3, 0.4) is 0 Å². The van der Waals surface area contributed by atoms with Crippen LogP contribution in [0.15, 0.2) is 18.2 Å². The molecule has 3 nitrogen and oxygen atoms in total. The smallest absolute Gasteiger partial charge is 0.304 e. The Bertz CT molecular complexity index is 409. The average Bonchev–Trinajstić information content (AvgIpc) is 2.20. The van der Waals surface area contributed by atoms with Crippen molar-refractivity contribution in [3.63, 3.8) is 0 Å². The van der Waals surface area contributed by atoms with Crippen molar-refractivity contribution in [2.24, 2.45) is 5.73 Å². The number of hydrogen-bond acceptors (Lipinski definition) is 2. The number of carboxylic acid groups (broad SMARTS) is 1. The Hall–Kier alpha value is -1.49. The Morgan fingerprint density at radius 1 is 1.50 bits per heavy atom. The molecule has 0 fully saturated rings. The molecule has 0 bridgehead atoms.